The zero-order valence-electron chi connectivity index (χ0n) is 16.4. The van der Waals surface area contributed by atoms with Crippen molar-refractivity contribution in [2.75, 3.05) is 12.4 Å². The lowest BCUT2D eigenvalue weighted by Crippen LogP contribution is -2.55. The summed E-state index contributed by atoms with van der Waals surface area (Å²) in [5.74, 6) is 2.93. The number of rotatable bonds is 4. The summed E-state index contributed by atoms with van der Waals surface area (Å²) in [5.41, 5.74) is 2.08. The Balaban J connectivity index is 1.50. The molecule has 4 bridgehead atoms. The fourth-order valence-corrected chi connectivity index (χ4v) is 6.42. The second kappa shape index (κ2) is 6.51. The molecule has 0 spiro atoms. The standard InChI is InChI=1S/C22H26ClN3O2/c1-13-3-4-19(28-2)17(5-13)25-18-12-24-26(21(27)20(18)23)22-9-14-6-15(10-22)8-16(7-14)11-22/h3-5,12,14-16,25H,6-11H2,1-2H3. The van der Waals surface area contributed by atoms with Gasteiger partial charge in [-0.05, 0) is 80.9 Å². The summed E-state index contributed by atoms with van der Waals surface area (Å²) in [6.45, 7) is 2.01. The van der Waals surface area contributed by atoms with E-state index in [2.05, 4.69) is 10.4 Å². The Kier molecular flexibility index (Phi) is 4.20. The van der Waals surface area contributed by atoms with Gasteiger partial charge in [0.1, 0.15) is 10.8 Å². The van der Waals surface area contributed by atoms with Gasteiger partial charge in [-0.25, -0.2) is 4.68 Å². The third-order valence-electron chi connectivity index (χ3n) is 7.00. The topological polar surface area (TPSA) is 56.1 Å². The average molecular weight is 400 g/mol. The van der Waals surface area contributed by atoms with E-state index >= 15 is 0 Å². The van der Waals surface area contributed by atoms with Crippen LogP contribution in [0.5, 0.6) is 5.75 Å². The number of ether oxygens (including phenoxy) is 1. The average Bonchev–Trinajstić information content (AvgIpc) is 2.64. The summed E-state index contributed by atoms with van der Waals surface area (Å²) in [5, 5.41) is 8.06. The van der Waals surface area contributed by atoms with E-state index in [0.29, 0.717) is 11.4 Å². The molecule has 0 saturated heterocycles. The van der Waals surface area contributed by atoms with Crippen LogP contribution in [0.3, 0.4) is 0 Å². The van der Waals surface area contributed by atoms with Gasteiger partial charge >= 0.3 is 0 Å². The first kappa shape index (κ1) is 18.0. The molecule has 0 unspecified atom stereocenters. The zero-order valence-corrected chi connectivity index (χ0v) is 17.1. The second-order valence-electron chi connectivity index (χ2n) is 9.06. The number of methoxy groups -OCH3 is 1. The van der Waals surface area contributed by atoms with Gasteiger partial charge in [0.2, 0.25) is 0 Å². The molecule has 1 heterocycles. The van der Waals surface area contributed by atoms with E-state index in [4.69, 9.17) is 16.3 Å². The molecule has 6 heteroatoms. The van der Waals surface area contributed by atoms with Gasteiger partial charge in [0.05, 0.1) is 30.2 Å². The van der Waals surface area contributed by atoms with E-state index in [0.717, 1.165) is 48.3 Å². The number of benzene rings is 1. The quantitative estimate of drug-likeness (QED) is 0.795. The van der Waals surface area contributed by atoms with Crippen molar-refractivity contribution in [2.24, 2.45) is 17.8 Å². The van der Waals surface area contributed by atoms with Crippen LogP contribution < -0.4 is 15.6 Å². The lowest BCUT2D eigenvalue weighted by molar-refractivity contribution is -0.0518. The SMILES string of the molecule is COc1ccc(C)cc1Nc1cnn(C23CC4CC(CC(C4)C2)C3)c(=O)c1Cl. The smallest absolute Gasteiger partial charge is 0.288 e. The molecule has 1 aromatic heterocycles. The van der Waals surface area contributed by atoms with Gasteiger partial charge < -0.3 is 10.1 Å². The van der Waals surface area contributed by atoms with Crippen molar-refractivity contribution in [3.8, 4) is 5.75 Å². The highest BCUT2D eigenvalue weighted by Crippen LogP contribution is 2.58. The maximum absolute atomic E-state index is 13.2. The number of anilines is 2. The number of nitrogens with zero attached hydrogens (tertiary/aromatic N) is 2. The summed E-state index contributed by atoms with van der Waals surface area (Å²) < 4.78 is 7.14. The first-order chi connectivity index (χ1) is 13.5. The van der Waals surface area contributed by atoms with Gasteiger partial charge in [-0.1, -0.05) is 17.7 Å². The first-order valence-corrected chi connectivity index (χ1v) is 10.6. The summed E-state index contributed by atoms with van der Waals surface area (Å²) in [4.78, 5) is 13.2. The van der Waals surface area contributed by atoms with Crippen molar-refractivity contribution in [2.45, 2.75) is 51.0 Å². The zero-order chi connectivity index (χ0) is 19.5. The molecule has 4 aliphatic carbocycles. The van der Waals surface area contributed by atoms with Crippen LogP contribution in [0.25, 0.3) is 0 Å². The highest BCUT2D eigenvalue weighted by molar-refractivity contribution is 6.33. The van der Waals surface area contributed by atoms with E-state index in [1.54, 1.807) is 18.0 Å². The largest absolute Gasteiger partial charge is 0.495 e. The molecule has 2 aromatic rings. The molecule has 4 saturated carbocycles. The Labute approximate surface area is 170 Å². The number of hydrogen-bond donors (Lipinski definition) is 1. The lowest BCUT2D eigenvalue weighted by Gasteiger charge is -2.56. The van der Waals surface area contributed by atoms with E-state index in [9.17, 15) is 4.79 Å². The van der Waals surface area contributed by atoms with Crippen molar-refractivity contribution in [3.63, 3.8) is 0 Å². The molecule has 6 rings (SSSR count). The molecular formula is C22H26ClN3O2. The summed E-state index contributed by atoms with van der Waals surface area (Å²) >= 11 is 6.55. The molecule has 5 nitrogen and oxygen atoms in total. The molecule has 1 aromatic carbocycles. The van der Waals surface area contributed by atoms with Crippen LogP contribution in [0, 0.1) is 24.7 Å². The normalized spacial score (nSPS) is 30.5. The molecule has 28 heavy (non-hydrogen) atoms. The number of aromatic nitrogens is 2. The predicted molar refractivity (Wildman–Crippen MR) is 111 cm³/mol. The Hall–Kier alpha value is -2.01. The van der Waals surface area contributed by atoms with Gasteiger partial charge in [-0.15, -0.1) is 0 Å². The molecule has 0 amide bonds. The maximum Gasteiger partial charge on any atom is 0.288 e. The molecule has 0 atom stereocenters. The fraction of sp³-hybridized carbons (Fsp3) is 0.545. The summed E-state index contributed by atoms with van der Waals surface area (Å²) in [7, 11) is 1.63. The van der Waals surface area contributed by atoms with Crippen molar-refractivity contribution in [3.05, 3.63) is 45.3 Å². The third-order valence-corrected chi connectivity index (χ3v) is 7.36. The Bertz CT molecular complexity index is 949. The minimum atomic E-state index is -0.180. The van der Waals surface area contributed by atoms with Crippen LogP contribution in [0.2, 0.25) is 5.02 Å². The molecule has 0 radical (unpaired) electrons. The van der Waals surface area contributed by atoms with Crippen molar-refractivity contribution in [1.29, 1.82) is 0 Å². The van der Waals surface area contributed by atoms with Crippen molar-refractivity contribution >= 4 is 23.0 Å². The van der Waals surface area contributed by atoms with Crippen LogP contribution >= 0.6 is 11.6 Å². The minimum Gasteiger partial charge on any atom is -0.495 e. The molecule has 4 aliphatic rings. The number of hydrogen-bond acceptors (Lipinski definition) is 4. The predicted octanol–water partition coefficient (Wildman–Crippen LogP) is 4.88. The number of halogens is 1. The fourth-order valence-electron chi connectivity index (χ4n) is 6.25. The molecule has 4 fully saturated rings. The summed E-state index contributed by atoms with van der Waals surface area (Å²) in [6.07, 6.45) is 8.89. The van der Waals surface area contributed by atoms with Crippen LogP contribution in [0.15, 0.2) is 29.2 Å². The van der Waals surface area contributed by atoms with Crippen LogP contribution in [-0.4, -0.2) is 16.9 Å². The van der Waals surface area contributed by atoms with Gasteiger partial charge in [-0.2, -0.15) is 5.10 Å². The first-order valence-electron chi connectivity index (χ1n) is 10.2. The van der Waals surface area contributed by atoms with Crippen LogP contribution in [-0.2, 0) is 5.54 Å². The lowest BCUT2D eigenvalue weighted by atomic mass is 9.53. The Morgan fingerprint density at radius 2 is 1.79 bits per heavy atom. The number of nitrogens with one attached hydrogen (secondary N) is 1. The van der Waals surface area contributed by atoms with Gasteiger partial charge in [0, 0.05) is 0 Å². The summed E-state index contributed by atoms with van der Waals surface area (Å²) in [6, 6.07) is 5.85. The van der Waals surface area contributed by atoms with E-state index in [-0.39, 0.29) is 16.1 Å². The molecule has 148 valence electrons. The monoisotopic (exact) mass is 399 g/mol. The highest BCUT2D eigenvalue weighted by Gasteiger charge is 2.53. The van der Waals surface area contributed by atoms with Gasteiger partial charge in [0.15, 0.2) is 0 Å². The second-order valence-corrected chi connectivity index (χ2v) is 9.44. The molecule has 1 N–H and O–H groups in total. The van der Waals surface area contributed by atoms with Crippen LogP contribution in [0.1, 0.15) is 44.1 Å². The maximum atomic E-state index is 13.2. The number of aryl methyl sites for hydroxylation is 1. The Morgan fingerprint density at radius 3 is 2.39 bits per heavy atom. The van der Waals surface area contributed by atoms with E-state index in [1.165, 1.54) is 19.3 Å². The van der Waals surface area contributed by atoms with Crippen molar-refractivity contribution < 1.29 is 4.74 Å². The van der Waals surface area contributed by atoms with Gasteiger partial charge in [-0.3, -0.25) is 4.79 Å². The van der Waals surface area contributed by atoms with Crippen LogP contribution in [0.4, 0.5) is 11.4 Å². The Morgan fingerprint density at radius 1 is 1.14 bits per heavy atom. The highest BCUT2D eigenvalue weighted by atomic mass is 35.5. The van der Waals surface area contributed by atoms with Gasteiger partial charge in [0.25, 0.3) is 5.56 Å². The minimum absolute atomic E-state index is 0.130. The molecular weight excluding hydrogens is 374 g/mol. The van der Waals surface area contributed by atoms with E-state index < -0.39 is 0 Å². The molecule has 0 aliphatic heterocycles. The third kappa shape index (κ3) is 2.83. The van der Waals surface area contributed by atoms with E-state index in [1.807, 2.05) is 25.1 Å². The van der Waals surface area contributed by atoms with Crippen molar-refractivity contribution in [1.82, 2.24) is 9.78 Å².